The van der Waals surface area contributed by atoms with Crippen molar-refractivity contribution in [2.75, 3.05) is 7.11 Å². The van der Waals surface area contributed by atoms with E-state index in [-0.39, 0.29) is 11.9 Å². The zero-order valence-electron chi connectivity index (χ0n) is 17.5. The summed E-state index contributed by atoms with van der Waals surface area (Å²) in [6.07, 6.45) is 2.82. The van der Waals surface area contributed by atoms with Gasteiger partial charge < -0.3 is 14.6 Å². The maximum Gasteiger partial charge on any atom is 0.253 e. The number of ether oxygens (including phenoxy) is 1. The molecule has 5 heteroatoms. The Kier molecular flexibility index (Phi) is 5.85. The van der Waals surface area contributed by atoms with Crippen molar-refractivity contribution < 1.29 is 14.3 Å². The van der Waals surface area contributed by atoms with Gasteiger partial charge in [-0.1, -0.05) is 48.5 Å². The summed E-state index contributed by atoms with van der Waals surface area (Å²) in [5, 5.41) is 4.10. The molecule has 0 saturated carbocycles. The fourth-order valence-corrected chi connectivity index (χ4v) is 3.72. The summed E-state index contributed by atoms with van der Waals surface area (Å²) < 4.78 is 7.33. The normalized spacial score (nSPS) is 11.8. The zero-order chi connectivity index (χ0) is 21.8. The van der Waals surface area contributed by atoms with Gasteiger partial charge in [-0.25, -0.2) is 0 Å². The van der Waals surface area contributed by atoms with Crippen molar-refractivity contribution in [2.24, 2.45) is 0 Å². The molecule has 1 aromatic heterocycles. The van der Waals surface area contributed by atoms with Crippen LogP contribution < -0.4 is 10.1 Å². The van der Waals surface area contributed by atoms with Crippen molar-refractivity contribution in [3.8, 4) is 5.75 Å². The van der Waals surface area contributed by atoms with Gasteiger partial charge in [-0.05, 0) is 42.3 Å². The number of carbonyl (C=O) groups excluding carboxylic acids is 2. The highest BCUT2D eigenvalue weighted by molar-refractivity contribution is 6.06. The maximum absolute atomic E-state index is 13.2. The number of aldehydes is 1. The predicted octanol–water partition coefficient (Wildman–Crippen LogP) is 5.00. The Hall–Kier alpha value is -3.86. The van der Waals surface area contributed by atoms with Crippen molar-refractivity contribution in [3.63, 3.8) is 0 Å². The molecule has 1 amide bonds. The van der Waals surface area contributed by atoms with Crippen LogP contribution in [0.1, 0.15) is 44.8 Å². The largest absolute Gasteiger partial charge is 0.497 e. The van der Waals surface area contributed by atoms with Crippen molar-refractivity contribution >= 4 is 23.1 Å². The average molecular weight is 412 g/mol. The number of hydrogen-bond donors (Lipinski definition) is 1. The third-order valence-electron chi connectivity index (χ3n) is 5.47. The van der Waals surface area contributed by atoms with Gasteiger partial charge in [-0.15, -0.1) is 0 Å². The number of hydrogen-bond acceptors (Lipinski definition) is 3. The molecule has 31 heavy (non-hydrogen) atoms. The Balaban J connectivity index is 1.59. The molecule has 1 atom stereocenters. The average Bonchev–Trinajstić information content (AvgIpc) is 3.22. The van der Waals surface area contributed by atoms with E-state index in [9.17, 15) is 9.59 Å². The fourth-order valence-electron chi connectivity index (χ4n) is 3.72. The lowest BCUT2D eigenvalue weighted by Crippen LogP contribution is -2.27. The molecule has 0 unspecified atom stereocenters. The standard InChI is InChI=1S/C26H24N2O3/c1-18(21-10-6-20(17-29)7-11-21)27-26(30)24-5-3-4-22-14-15-28(25(22)24)16-19-8-12-23(31-2)13-9-19/h3-15,17-18H,16H2,1-2H3,(H,27,30)/t18-/m0/s1. The topological polar surface area (TPSA) is 60.3 Å². The molecule has 0 radical (unpaired) electrons. The first-order chi connectivity index (χ1) is 15.1. The smallest absolute Gasteiger partial charge is 0.253 e. The summed E-state index contributed by atoms with van der Waals surface area (Å²) in [5.41, 5.74) is 4.21. The van der Waals surface area contributed by atoms with Crippen LogP contribution in [-0.2, 0) is 6.54 Å². The monoisotopic (exact) mass is 412 g/mol. The second-order valence-corrected chi connectivity index (χ2v) is 7.51. The minimum absolute atomic E-state index is 0.132. The number of nitrogens with zero attached hydrogens (tertiary/aromatic N) is 1. The summed E-state index contributed by atoms with van der Waals surface area (Å²) >= 11 is 0. The first-order valence-electron chi connectivity index (χ1n) is 10.2. The van der Waals surface area contributed by atoms with Gasteiger partial charge in [0.1, 0.15) is 12.0 Å². The molecular formula is C26H24N2O3. The number of carbonyl (C=O) groups is 2. The molecule has 3 aromatic carbocycles. The minimum Gasteiger partial charge on any atom is -0.497 e. The molecule has 0 aliphatic carbocycles. The molecular weight excluding hydrogens is 388 g/mol. The first-order valence-corrected chi connectivity index (χ1v) is 10.2. The Morgan fingerprint density at radius 1 is 1.03 bits per heavy atom. The number of aromatic nitrogens is 1. The molecule has 156 valence electrons. The summed E-state index contributed by atoms with van der Waals surface area (Å²) in [6.45, 7) is 2.59. The van der Waals surface area contributed by atoms with E-state index in [1.54, 1.807) is 19.2 Å². The second kappa shape index (κ2) is 8.88. The van der Waals surface area contributed by atoms with E-state index in [0.717, 1.165) is 34.1 Å². The molecule has 4 aromatic rings. The van der Waals surface area contributed by atoms with Crippen molar-refractivity contribution in [1.82, 2.24) is 9.88 Å². The van der Waals surface area contributed by atoms with Crippen molar-refractivity contribution in [2.45, 2.75) is 19.5 Å². The van der Waals surface area contributed by atoms with E-state index in [1.807, 2.05) is 73.8 Å². The van der Waals surface area contributed by atoms with E-state index in [0.29, 0.717) is 17.7 Å². The summed E-state index contributed by atoms with van der Waals surface area (Å²) in [7, 11) is 1.65. The van der Waals surface area contributed by atoms with E-state index in [2.05, 4.69) is 9.88 Å². The van der Waals surface area contributed by atoms with Crippen LogP contribution in [0.3, 0.4) is 0 Å². The van der Waals surface area contributed by atoms with Gasteiger partial charge in [0, 0.05) is 23.7 Å². The number of amides is 1. The molecule has 0 bridgehead atoms. The minimum atomic E-state index is -0.187. The summed E-state index contributed by atoms with van der Waals surface area (Å²) in [4.78, 5) is 24.0. The molecule has 0 fully saturated rings. The van der Waals surface area contributed by atoms with Gasteiger partial charge in [0.05, 0.1) is 24.2 Å². The quantitative estimate of drug-likeness (QED) is 0.435. The number of methoxy groups -OCH3 is 1. The number of para-hydroxylation sites is 1. The SMILES string of the molecule is COc1ccc(Cn2ccc3cccc(C(=O)N[C@@H](C)c4ccc(C=O)cc4)c32)cc1. The summed E-state index contributed by atoms with van der Waals surface area (Å²) in [5.74, 6) is 0.684. The van der Waals surface area contributed by atoms with E-state index in [4.69, 9.17) is 4.74 Å². The zero-order valence-corrected chi connectivity index (χ0v) is 17.5. The molecule has 0 spiro atoms. The molecule has 0 saturated heterocycles. The van der Waals surface area contributed by atoms with Crippen LogP contribution in [0.5, 0.6) is 5.75 Å². The van der Waals surface area contributed by atoms with Gasteiger partial charge in [0.25, 0.3) is 5.91 Å². The lowest BCUT2D eigenvalue weighted by atomic mass is 10.1. The van der Waals surface area contributed by atoms with Crippen LogP contribution in [0.4, 0.5) is 0 Å². The molecule has 5 nitrogen and oxygen atoms in total. The fraction of sp³-hybridized carbons (Fsp3) is 0.154. The van der Waals surface area contributed by atoms with Crippen LogP contribution in [0.2, 0.25) is 0 Å². The highest BCUT2D eigenvalue weighted by atomic mass is 16.5. The van der Waals surface area contributed by atoms with Gasteiger partial charge in [0.15, 0.2) is 0 Å². The third-order valence-corrected chi connectivity index (χ3v) is 5.47. The van der Waals surface area contributed by atoms with E-state index >= 15 is 0 Å². The van der Waals surface area contributed by atoms with Gasteiger partial charge in [-0.3, -0.25) is 9.59 Å². The second-order valence-electron chi connectivity index (χ2n) is 7.51. The Bertz CT molecular complexity index is 1210. The Morgan fingerprint density at radius 2 is 1.77 bits per heavy atom. The lowest BCUT2D eigenvalue weighted by Gasteiger charge is -2.16. The number of fused-ring (bicyclic) bond motifs is 1. The van der Waals surface area contributed by atoms with Crippen LogP contribution >= 0.6 is 0 Å². The van der Waals surface area contributed by atoms with Crippen LogP contribution in [0.25, 0.3) is 10.9 Å². The highest BCUT2D eigenvalue weighted by Gasteiger charge is 2.16. The number of nitrogens with one attached hydrogen (secondary N) is 1. The molecule has 1 N–H and O–H groups in total. The van der Waals surface area contributed by atoms with Crippen LogP contribution in [-0.4, -0.2) is 23.9 Å². The maximum atomic E-state index is 13.2. The third kappa shape index (κ3) is 4.36. The molecule has 0 aliphatic rings. The molecule has 0 aliphatic heterocycles. The van der Waals surface area contributed by atoms with Crippen molar-refractivity contribution in [3.05, 3.63) is 101 Å². The Labute approximate surface area is 181 Å². The number of benzene rings is 3. The highest BCUT2D eigenvalue weighted by Crippen LogP contribution is 2.23. The molecule has 1 heterocycles. The lowest BCUT2D eigenvalue weighted by molar-refractivity contribution is 0.0940. The van der Waals surface area contributed by atoms with Gasteiger partial charge in [0.2, 0.25) is 0 Å². The van der Waals surface area contributed by atoms with Crippen LogP contribution in [0.15, 0.2) is 79.0 Å². The first kappa shape index (κ1) is 20.4. The predicted molar refractivity (Wildman–Crippen MR) is 122 cm³/mol. The van der Waals surface area contributed by atoms with E-state index in [1.165, 1.54) is 0 Å². The molecule has 4 rings (SSSR count). The Morgan fingerprint density at radius 3 is 2.45 bits per heavy atom. The van der Waals surface area contributed by atoms with Gasteiger partial charge >= 0.3 is 0 Å². The van der Waals surface area contributed by atoms with Gasteiger partial charge in [-0.2, -0.15) is 0 Å². The van der Waals surface area contributed by atoms with E-state index < -0.39 is 0 Å². The van der Waals surface area contributed by atoms with Crippen molar-refractivity contribution in [1.29, 1.82) is 0 Å². The number of rotatable bonds is 7. The van der Waals surface area contributed by atoms with Crippen LogP contribution in [0, 0.1) is 0 Å². The summed E-state index contributed by atoms with van der Waals surface area (Å²) in [6, 6.07) is 22.8.